The van der Waals surface area contributed by atoms with Gasteiger partial charge in [-0.05, 0) is 31.0 Å². The zero-order valence-corrected chi connectivity index (χ0v) is 11.7. The van der Waals surface area contributed by atoms with Crippen molar-refractivity contribution >= 4 is 21.6 Å². The molecule has 1 aliphatic carbocycles. The summed E-state index contributed by atoms with van der Waals surface area (Å²) in [6.07, 6.45) is 7.14. The predicted octanol–water partition coefficient (Wildman–Crippen LogP) is 3.95. The molecule has 0 aliphatic heterocycles. The van der Waals surface area contributed by atoms with E-state index >= 15 is 0 Å². The van der Waals surface area contributed by atoms with Gasteiger partial charge in [-0.1, -0.05) is 47.7 Å². The first kappa shape index (κ1) is 12.9. The summed E-state index contributed by atoms with van der Waals surface area (Å²) in [6, 6.07) is 8.17. The first-order chi connectivity index (χ1) is 8.24. The van der Waals surface area contributed by atoms with Gasteiger partial charge in [0, 0.05) is 10.2 Å². The summed E-state index contributed by atoms with van der Waals surface area (Å²) >= 11 is 3.48. The Balaban J connectivity index is 2.12. The minimum absolute atomic E-state index is 0.114. The predicted molar refractivity (Wildman–Crippen MR) is 75.3 cm³/mol. The Labute approximate surface area is 112 Å². The van der Waals surface area contributed by atoms with Crippen molar-refractivity contribution in [3.8, 4) is 0 Å². The number of benzene rings is 1. The highest BCUT2D eigenvalue weighted by Gasteiger charge is 2.29. The van der Waals surface area contributed by atoms with E-state index in [9.17, 15) is 5.11 Å². The first-order valence-electron chi connectivity index (χ1n) is 6.39. The zero-order chi connectivity index (χ0) is 12.1. The van der Waals surface area contributed by atoms with Crippen LogP contribution in [0.3, 0.4) is 0 Å². The number of rotatable bonds is 3. The van der Waals surface area contributed by atoms with Crippen molar-refractivity contribution in [3.05, 3.63) is 28.7 Å². The second-order valence-corrected chi connectivity index (χ2v) is 5.90. The summed E-state index contributed by atoms with van der Waals surface area (Å²) in [5, 5.41) is 13.3. The van der Waals surface area contributed by atoms with E-state index in [1.165, 1.54) is 25.7 Å². The average Bonchev–Trinajstić information content (AvgIpc) is 2.55. The molecule has 94 valence electrons. The summed E-state index contributed by atoms with van der Waals surface area (Å²) in [5.74, 6) is 0. The van der Waals surface area contributed by atoms with E-state index in [4.69, 9.17) is 0 Å². The van der Waals surface area contributed by atoms with E-state index in [0.29, 0.717) is 0 Å². The maximum Gasteiger partial charge on any atom is 0.0661 e. The molecular weight excluding hydrogens is 278 g/mol. The lowest BCUT2D eigenvalue weighted by Crippen LogP contribution is -2.41. The van der Waals surface area contributed by atoms with E-state index < -0.39 is 0 Å². The largest absolute Gasteiger partial charge is 0.394 e. The smallest absolute Gasteiger partial charge is 0.0661 e. The molecule has 0 radical (unpaired) electrons. The van der Waals surface area contributed by atoms with E-state index in [1.807, 2.05) is 12.1 Å². The van der Waals surface area contributed by atoms with E-state index in [1.54, 1.807) is 0 Å². The van der Waals surface area contributed by atoms with Crippen molar-refractivity contribution in [1.29, 1.82) is 0 Å². The fourth-order valence-electron chi connectivity index (χ4n) is 2.60. The van der Waals surface area contributed by atoms with Crippen LogP contribution < -0.4 is 5.32 Å². The highest BCUT2D eigenvalue weighted by atomic mass is 79.9. The van der Waals surface area contributed by atoms with Crippen LogP contribution in [-0.2, 0) is 0 Å². The van der Waals surface area contributed by atoms with Crippen LogP contribution in [0.15, 0.2) is 28.7 Å². The van der Waals surface area contributed by atoms with Crippen LogP contribution in [0.2, 0.25) is 0 Å². The lowest BCUT2D eigenvalue weighted by molar-refractivity contribution is 0.196. The molecule has 2 rings (SSSR count). The Morgan fingerprint density at radius 2 is 1.88 bits per heavy atom. The van der Waals surface area contributed by atoms with Gasteiger partial charge in [-0.3, -0.25) is 0 Å². The van der Waals surface area contributed by atoms with Crippen LogP contribution in [0.4, 0.5) is 5.69 Å². The highest BCUT2D eigenvalue weighted by molar-refractivity contribution is 9.10. The fraction of sp³-hybridized carbons (Fsp3) is 0.571. The molecule has 0 heterocycles. The molecule has 2 N–H and O–H groups in total. The summed E-state index contributed by atoms with van der Waals surface area (Å²) in [7, 11) is 0. The van der Waals surface area contributed by atoms with Crippen molar-refractivity contribution in [2.24, 2.45) is 0 Å². The monoisotopic (exact) mass is 297 g/mol. The molecule has 0 bridgehead atoms. The normalized spacial score (nSPS) is 19.6. The number of anilines is 1. The van der Waals surface area contributed by atoms with Crippen molar-refractivity contribution in [3.63, 3.8) is 0 Å². The van der Waals surface area contributed by atoms with Gasteiger partial charge in [-0.25, -0.2) is 0 Å². The Bertz CT molecular complexity index is 359. The molecular formula is C14H20BrNO. The number of aliphatic hydroxyl groups excluding tert-OH is 1. The van der Waals surface area contributed by atoms with Gasteiger partial charge in [0.1, 0.15) is 0 Å². The molecule has 1 fully saturated rings. The van der Waals surface area contributed by atoms with Crippen molar-refractivity contribution in [2.75, 3.05) is 11.9 Å². The minimum Gasteiger partial charge on any atom is -0.394 e. The third-order valence-corrected chi connectivity index (χ3v) is 4.09. The topological polar surface area (TPSA) is 32.3 Å². The van der Waals surface area contributed by atoms with Crippen LogP contribution in [0.5, 0.6) is 0 Å². The molecule has 3 heteroatoms. The Kier molecular flexibility index (Phi) is 4.46. The fourth-order valence-corrected chi connectivity index (χ4v) is 3.00. The second-order valence-electron chi connectivity index (χ2n) is 4.99. The summed E-state index contributed by atoms with van der Waals surface area (Å²) in [5.41, 5.74) is 0.979. The molecule has 1 aromatic carbocycles. The van der Waals surface area contributed by atoms with Gasteiger partial charge in [-0.2, -0.15) is 0 Å². The summed E-state index contributed by atoms with van der Waals surface area (Å²) in [6.45, 7) is 0.222. The van der Waals surface area contributed by atoms with Gasteiger partial charge >= 0.3 is 0 Å². The molecule has 0 unspecified atom stereocenters. The Morgan fingerprint density at radius 1 is 1.18 bits per heavy atom. The Hall–Kier alpha value is -0.540. The SMILES string of the molecule is OCC1(Nc2cccc(Br)c2)CCCCCC1. The molecule has 17 heavy (non-hydrogen) atoms. The van der Waals surface area contributed by atoms with Gasteiger partial charge in [0.25, 0.3) is 0 Å². The summed E-state index contributed by atoms with van der Waals surface area (Å²) < 4.78 is 1.07. The lowest BCUT2D eigenvalue weighted by Gasteiger charge is -2.33. The van der Waals surface area contributed by atoms with Crippen molar-refractivity contribution < 1.29 is 5.11 Å². The number of hydrogen-bond acceptors (Lipinski definition) is 2. The van der Waals surface area contributed by atoms with Crippen molar-refractivity contribution in [2.45, 2.75) is 44.1 Å². The van der Waals surface area contributed by atoms with Crippen LogP contribution in [-0.4, -0.2) is 17.3 Å². The van der Waals surface area contributed by atoms with Crippen LogP contribution >= 0.6 is 15.9 Å². The number of nitrogens with one attached hydrogen (secondary N) is 1. The quantitative estimate of drug-likeness (QED) is 0.828. The molecule has 0 atom stereocenters. The number of halogens is 1. The number of aliphatic hydroxyl groups is 1. The lowest BCUT2D eigenvalue weighted by atomic mass is 9.91. The van der Waals surface area contributed by atoms with Crippen LogP contribution in [0.1, 0.15) is 38.5 Å². The molecule has 0 amide bonds. The molecule has 1 aromatic rings. The van der Waals surface area contributed by atoms with Gasteiger partial charge in [0.05, 0.1) is 12.1 Å². The van der Waals surface area contributed by atoms with Crippen LogP contribution in [0.25, 0.3) is 0 Å². The maximum absolute atomic E-state index is 9.72. The molecule has 0 aromatic heterocycles. The molecule has 0 spiro atoms. The van der Waals surface area contributed by atoms with E-state index in [2.05, 4.69) is 33.4 Å². The molecule has 2 nitrogen and oxygen atoms in total. The van der Waals surface area contributed by atoms with Gasteiger partial charge < -0.3 is 10.4 Å². The summed E-state index contributed by atoms with van der Waals surface area (Å²) in [4.78, 5) is 0. The average molecular weight is 298 g/mol. The third-order valence-electron chi connectivity index (χ3n) is 3.60. The number of hydrogen-bond donors (Lipinski definition) is 2. The standard InChI is InChI=1S/C14H20BrNO/c15-12-6-5-7-13(10-12)16-14(11-17)8-3-1-2-4-9-14/h5-7,10,16-17H,1-4,8-9,11H2. The van der Waals surface area contributed by atoms with Gasteiger partial charge in [-0.15, -0.1) is 0 Å². The van der Waals surface area contributed by atoms with E-state index in [0.717, 1.165) is 23.0 Å². The third kappa shape index (κ3) is 3.46. The highest BCUT2D eigenvalue weighted by Crippen LogP contribution is 2.31. The maximum atomic E-state index is 9.72. The van der Waals surface area contributed by atoms with Gasteiger partial charge in [0.15, 0.2) is 0 Å². The van der Waals surface area contributed by atoms with E-state index in [-0.39, 0.29) is 12.1 Å². The second kappa shape index (κ2) is 5.87. The Morgan fingerprint density at radius 3 is 2.47 bits per heavy atom. The molecule has 1 aliphatic rings. The van der Waals surface area contributed by atoms with Crippen molar-refractivity contribution in [1.82, 2.24) is 0 Å². The van der Waals surface area contributed by atoms with Gasteiger partial charge in [0.2, 0.25) is 0 Å². The molecule has 0 saturated heterocycles. The minimum atomic E-state index is -0.114. The van der Waals surface area contributed by atoms with Crippen LogP contribution in [0, 0.1) is 0 Å². The zero-order valence-electron chi connectivity index (χ0n) is 10.1. The first-order valence-corrected chi connectivity index (χ1v) is 7.18. The molecule has 1 saturated carbocycles.